The molecule has 0 radical (unpaired) electrons. The van der Waals surface area contributed by atoms with Crippen LogP contribution in [0, 0.1) is 0 Å². The number of nitrogens with one attached hydrogen (secondary N) is 1. The van der Waals surface area contributed by atoms with Crippen LogP contribution in [0.1, 0.15) is 22.8 Å². The highest BCUT2D eigenvalue weighted by atomic mass is 16.5. The van der Waals surface area contributed by atoms with E-state index in [9.17, 15) is 4.79 Å². The van der Waals surface area contributed by atoms with Crippen molar-refractivity contribution in [1.29, 1.82) is 0 Å². The maximum absolute atomic E-state index is 12.0. The molecule has 116 valence electrons. The van der Waals surface area contributed by atoms with Crippen molar-refractivity contribution in [1.82, 2.24) is 9.88 Å². The molecule has 2 aromatic rings. The van der Waals surface area contributed by atoms with Gasteiger partial charge in [0.1, 0.15) is 5.75 Å². The minimum absolute atomic E-state index is 0.0402. The zero-order valence-corrected chi connectivity index (χ0v) is 13.2. The van der Waals surface area contributed by atoms with Gasteiger partial charge < -0.3 is 15.0 Å². The quantitative estimate of drug-likeness (QED) is 0.891. The maximum Gasteiger partial charge on any atom is 0.253 e. The molecule has 5 heteroatoms. The number of hydrogen-bond acceptors (Lipinski definition) is 4. The standard InChI is InChI=1S/C17H21N3O2/c1-4-22-16-11-14(17(21)20(2)3)5-6-15(16)19-12-13-7-9-18-10-8-13/h5-11,19H,4,12H2,1-3H3. The SMILES string of the molecule is CCOc1cc(C(=O)N(C)C)ccc1NCc1ccncc1. The van der Waals surface area contributed by atoms with Gasteiger partial charge in [0.25, 0.3) is 5.91 Å². The summed E-state index contributed by atoms with van der Waals surface area (Å²) in [5, 5.41) is 3.33. The number of benzene rings is 1. The summed E-state index contributed by atoms with van der Waals surface area (Å²) in [4.78, 5) is 17.6. The second kappa shape index (κ2) is 7.45. The van der Waals surface area contributed by atoms with E-state index in [0.29, 0.717) is 24.5 Å². The van der Waals surface area contributed by atoms with Crippen LogP contribution >= 0.6 is 0 Å². The second-order valence-corrected chi connectivity index (χ2v) is 5.05. The number of amides is 1. The molecule has 0 fully saturated rings. The zero-order valence-electron chi connectivity index (χ0n) is 13.2. The summed E-state index contributed by atoms with van der Waals surface area (Å²) in [7, 11) is 3.47. The van der Waals surface area contributed by atoms with E-state index in [-0.39, 0.29) is 5.91 Å². The molecule has 0 atom stereocenters. The minimum Gasteiger partial charge on any atom is -0.492 e. The lowest BCUT2D eigenvalue weighted by molar-refractivity contribution is 0.0827. The average Bonchev–Trinajstić information content (AvgIpc) is 2.54. The van der Waals surface area contributed by atoms with Crippen molar-refractivity contribution in [2.24, 2.45) is 0 Å². The van der Waals surface area contributed by atoms with Gasteiger partial charge in [0.2, 0.25) is 0 Å². The number of pyridine rings is 1. The summed E-state index contributed by atoms with van der Waals surface area (Å²) >= 11 is 0. The topological polar surface area (TPSA) is 54.5 Å². The molecular formula is C17H21N3O2. The van der Waals surface area contributed by atoms with Gasteiger partial charge in [0.05, 0.1) is 12.3 Å². The zero-order chi connectivity index (χ0) is 15.9. The fourth-order valence-corrected chi connectivity index (χ4v) is 2.03. The summed E-state index contributed by atoms with van der Waals surface area (Å²) < 4.78 is 5.65. The third-order valence-corrected chi connectivity index (χ3v) is 3.17. The van der Waals surface area contributed by atoms with Crippen molar-refractivity contribution in [2.45, 2.75) is 13.5 Å². The molecule has 1 amide bonds. The number of carbonyl (C=O) groups is 1. The van der Waals surface area contributed by atoms with Crippen LogP contribution in [0.25, 0.3) is 0 Å². The lowest BCUT2D eigenvalue weighted by Crippen LogP contribution is -2.21. The summed E-state index contributed by atoms with van der Waals surface area (Å²) in [5.41, 5.74) is 2.61. The van der Waals surface area contributed by atoms with E-state index in [1.54, 1.807) is 43.5 Å². The summed E-state index contributed by atoms with van der Waals surface area (Å²) in [5.74, 6) is 0.644. The Balaban J connectivity index is 2.18. The molecule has 0 spiro atoms. The van der Waals surface area contributed by atoms with Gasteiger partial charge in [-0.05, 0) is 42.8 Å². The molecule has 0 aliphatic rings. The van der Waals surface area contributed by atoms with Crippen molar-refractivity contribution in [3.63, 3.8) is 0 Å². The Morgan fingerprint density at radius 2 is 1.95 bits per heavy atom. The van der Waals surface area contributed by atoms with E-state index in [1.165, 1.54) is 0 Å². The smallest absolute Gasteiger partial charge is 0.253 e. The van der Waals surface area contributed by atoms with E-state index in [0.717, 1.165) is 11.3 Å². The molecule has 22 heavy (non-hydrogen) atoms. The fourth-order valence-electron chi connectivity index (χ4n) is 2.03. The third kappa shape index (κ3) is 3.97. The van der Waals surface area contributed by atoms with Crippen LogP contribution in [0.15, 0.2) is 42.7 Å². The number of nitrogens with zero attached hydrogens (tertiary/aromatic N) is 2. The van der Waals surface area contributed by atoms with Crippen LogP contribution in [0.3, 0.4) is 0 Å². The van der Waals surface area contributed by atoms with Crippen LogP contribution in [-0.4, -0.2) is 36.5 Å². The monoisotopic (exact) mass is 299 g/mol. The first-order valence-corrected chi connectivity index (χ1v) is 7.23. The van der Waals surface area contributed by atoms with Crippen molar-refractivity contribution >= 4 is 11.6 Å². The fraction of sp³-hybridized carbons (Fsp3) is 0.294. The van der Waals surface area contributed by atoms with E-state index in [4.69, 9.17) is 4.74 Å². The summed E-state index contributed by atoms with van der Waals surface area (Å²) in [6.45, 7) is 3.14. The van der Waals surface area contributed by atoms with E-state index >= 15 is 0 Å². The van der Waals surface area contributed by atoms with Gasteiger partial charge in [0.15, 0.2) is 0 Å². The van der Waals surface area contributed by atoms with Crippen LogP contribution in [0.4, 0.5) is 5.69 Å². The number of hydrogen-bond donors (Lipinski definition) is 1. The highest BCUT2D eigenvalue weighted by Gasteiger charge is 2.12. The van der Waals surface area contributed by atoms with E-state index in [1.807, 2.05) is 25.1 Å². The third-order valence-electron chi connectivity index (χ3n) is 3.17. The molecule has 2 rings (SSSR count). The molecule has 0 aliphatic carbocycles. The van der Waals surface area contributed by atoms with Crippen LogP contribution in [-0.2, 0) is 6.54 Å². The van der Waals surface area contributed by atoms with Gasteiger partial charge in [0, 0.05) is 38.6 Å². The Hall–Kier alpha value is -2.56. The first-order valence-electron chi connectivity index (χ1n) is 7.23. The lowest BCUT2D eigenvalue weighted by atomic mass is 10.1. The first kappa shape index (κ1) is 15.8. The number of aromatic nitrogens is 1. The molecule has 1 aromatic heterocycles. The predicted molar refractivity (Wildman–Crippen MR) is 87.2 cm³/mol. The molecule has 0 aliphatic heterocycles. The van der Waals surface area contributed by atoms with Crippen LogP contribution < -0.4 is 10.1 Å². The van der Waals surface area contributed by atoms with Crippen molar-refractivity contribution in [3.05, 3.63) is 53.9 Å². The highest BCUT2D eigenvalue weighted by molar-refractivity contribution is 5.95. The molecule has 0 unspecified atom stereocenters. The molecular weight excluding hydrogens is 278 g/mol. The molecule has 0 saturated carbocycles. The Bertz CT molecular complexity index is 627. The molecule has 1 N–H and O–H groups in total. The lowest BCUT2D eigenvalue weighted by Gasteiger charge is -2.15. The van der Waals surface area contributed by atoms with Gasteiger partial charge >= 0.3 is 0 Å². The van der Waals surface area contributed by atoms with Gasteiger partial charge in [-0.15, -0.1) is 0 Å². The van der Waals surface area contributed by atoms with Crippen molar-refractivity contribution < 1.29 is 9.53 Å². The Morgan fingerprint density at radius 1 is 1.23 bits per heavy atom. The average molecular weight is 299 g/mol. The molecule has 0 bridgehead atoms. The Morgan fingerprint density at radius 3 is 2.59 bits per heavy atom. The molecule has 0 saturated heterocycles. The predicted octanol–water partition coefficient (Wildman–Crippen LogP) is 2.79. The number of rotatable bonds is 6. The number of anilines is 1. The summed E-state index contributed by atoms with van der Waals surface area (Å²) in [6, 6.07) is 9.37. The summed E-state index contributed by atoms with van der Waals surface area (Å²) in [6.07, 6.45) is 3.53. The Kier molecular flexibility index (Phi) is 5.36. The van der Waals surface area contributed by atoms with Gasteiger partial charge in [-0.1, -0.05) is 0 Å². The second-order valence-electron chi connectivity index (χ2n) is 5.05. The number of carbonyl (C=O) groups excluding carboxylic acids is 1. The maximum atomic E-state index is 12.0. The van der Waals surface area contributed by atoms with Crippen LogP contribution in [0.2, 0.25) is 0 Å². The van der Waals surface area contributed by atoms with Gasteiger partial charge in [-0.3, -0.25) is 9.78 Å². The normalized spacial score (nSPS) is 10.1. The minimum atomic E-state index is -0.0402. The van der Waals surface area contributed by atoms with E-state index in [2.05, 4.69) is 10.3 Å². The molecule has 1 aromatic carbocycles. The highest BCUT2D eigenvalue weighted by Crippen LogP contribution is 2.27. The Labute approximate surface area is 130 Å². The molecule has 5 nitrogen and oxygen atoms in total. The first-order chi connectivity index (χ1) is 10.6. The van der Waals surface area contributed by atoms with E-state index < -0.39 is 0 Å². The van der Waals surface area contributed by atoms with Crippen LogP contribution in [0.5, 0.6) is 5.75 Å². The van der Waals surface area contributed by atoms with Gasteiger partial charge in [-0.2, -0.15) is 0 Å². The molecule has 1 heterocycles. The van der Waals surface area contributed by atoms with Gasteiger partial charge in [-0.25, -0.2) is 0 Å². The number of ether oxygens (including phenoxy) is 1. The van der Waals surface area contributed by atoms with Crippen molar-refractivity contribution in [2.75, 3.05) is 26.0 Å². The van der Waals surface area contributed by atoms with Crippen molar-refractivity contribution in [3.8, 4) is 5.75 Å². The largest absolute Gasteiger partial charge is 0.492 e.